The molecule has 2 aromatic rings. The van der Waals surface area contributed by atoms with Gasteiger partial charge >= 0.3 is 0 Å². The fourth-order valence-corrected chi connectivity index (χ4v) is 3.14. The van der Waals surface area contributed by atoms with Gasteiger partial charge in [0.15, 0.2) is 14.9 Å². The van der Waals surface area contributed by atoms with Crippen LogP contribution in [0, 0.1) is 10.1 Å². The predicted octanol–water partition coefficient (Wildman–Crippen LogP) is 1.59. The molecule has 7 nitrogen and oxygen atoms in total. The minimum atomic E-state index is -3.59. The summed E-state index contributed by atoms with van der Waals surface area (Å²) >= 11 is 0. The van der Waals surface area contributed by atoms with Crippen LogP contribution in [0.2, 0.25) is 0 Å². The lowest BCUT2D eigenvalue weighted by atomic mass is 10.1. The first kappa shape index (κ1) is 14.9. The number of sulfone groups is 1. The van der Waals surface area contributed by atoms with Crippen LogP contribution in [0.3, 0.4) is 0 Å². The molecule has 0 aliphatic rings. The zero-order valence-corrected chi connectivity index (χ0v) is 11.8. The molecule has 0 unspecified atom stereocenters. The van der Waals surface area contributed by atoms with Crippen LogP contribution in [0.15, 0.2) is 47.6 Å². The number of hydrogen-bond donors (Lipinski definition) is 1. The Balaban J connectivity index is 2.12. The van der Waals surface area contributed by atoms with E-state index in [0.717, 1.165) is 0 Å². The van der Waals surface area contributed by atoms with Crippen molar-refractivity contribution in [3.05, 3.63) is 58.3 Å². The molecule has 2 N–H and O–H groups in total. The van der Waals surface area contributed by atoms with E-state index in [1.165, 1.54) is 36.5 Å². The molecule has 0 amide bonds. The summed E-state index contributed by atoms with van der Waals surface area (Å²) in [7, 11) is -3.59. The average molecular weight is 307 g/mol. The monoisotopic (exact) mass is 307 g/mol. The Morgan fingerprint density at radius 1 is 1.19 bits per heavy atom. The molecule has 0 spiro atoms. The molecule has 2 rings (SSSR count). The number of nitrogens with zero attached hydrogens (tertiary/aromatic N) is 2. The van der Waals surface area contributed by atoms with Gasteiger partial charge in [-0.1, -0.05) is 12.1 Å². The minimum absolute atomic E-state index is 0.0319. The van der Waals surface area contributed by atoms with E-state index < -0.39 is 14.8 Å². The van der Waals surface area contributed by atoms with Gasteiger partial charge in [-0.3, -0.25) is 10.1 Å². The van der Waals surface area contributed by atoms with Crippen LogP contribution < -0.4 is 5.73 Å². The number of anilines is 1. The van der Waals surface area contributed by atoms with Crippen LogP contribution in [0.4, 0.5) is 11.4 Å². The van der Waals surface area contributed by atoms with E-state index in [0.29, 0.717) is 5.56 Å². The van der Waals surface area contributed by atoms with Crippen LogP contribution in [0.1, 0.15) is 5.56 Å². The van der Waals surface area contributed by atoms with Gasteiger partial charge in [0.2, 0.25) is 0 Å². The summed E-state index contributed by atoms with van der Waals surface area (Å²) in [5.41, 5.74) is 6.39. The van der Waals surface area contributed by atoms with E-state index in [2.05, 4.69) is 4.98 Å². The molecule has 0 fully saturated rings. The van der Waals surface area contributed by atoms with E-state index in [1.807, 2.05) is 0 Å². The topological polar surface area (TPSA) is 116 Å². The Kier molecular flexibility index (Phi) is 4.18. The maximum absolute atomic E-state index is 12.2. The second-order valence-electron chi connectivity index (χ2n) is 4.39. The Morgan fingerprint density at radius 2 is 1.86 bits per heavy atom. The number of nitrogen functional groups attached to an aromatic ring is 1. The third kappa shape index (κ3) is 3.54. The molecule has 0 radical (unpaired) electrons. The SMILES string of the molecule is Nc1cccnc1S(=O)(=O)CCc1ccc([N+](=O)[O-])cc1. The van der Waals surface area contributed by atoms with Crippen molar-refractivity contribution in [1.82, 2.24) is 4.98 Å². The molecule has 0 saturated heterocycles. The molecule has 1 aromatic carbocycles. The van der Waals surface area contributed by atoms with Crippen molar-refractivity contribution in [3.8, 4) is 0 Å². The predicted molar refractivity (Wildman–Crippen MR) is 77.5 cm³/mol. The number of benzene rings is 1. The van der Waals surface area contributed by atoms with Crippen molar-refractivity contribution in [1.29, 1.82) is 0 Å². The van der Waals surface area contributed by atoms with Crippen molar-refractivity contribution >= 4 is 21.2 Å². The number of aromatic nitrogens is 1. The van der Waals surface area contributed by atoms with E-state index in [9.17, 15) is 18.5 Å². The highest BCUT2D eigenvalue weighted by molar-refractivity contribution is 7.91. The second-order valence-corrected chi connectivity index (χ2v) is 6.41. The first-order valence-electron chi connectivity index (χ1n) is 6.07. The van der Waals surface area contributed by atoms with Gasteiger partial charge in [-0.25, -0.2) is 13.4 Å². The van der Waals surface area contributed by atoms with Crippen LogP contribution in [-0.2, 0) is 16.3 Å². The fourth-order valence-electron chi connectivity index (χ4n) is 1.80. The number of nitro benzene ring substituents is 1. The summed E-state index contributed by atoms with van der Waals surface area (Å²) < 4.78 is 24.3. The van der Waals surface area contributed by atoms with E-state index in [-0.39, 0.29) is 28.6 Å². The van der Waals surface area contributed by atoms with E-state index >= 15 is 0 Å². The highest BCUT2D eigenvalue weighted by Crippen LogP contribution is 2.18. The van der Waals surface area contributed by atoms with Gasteiger partial charge in [-0.05, 0) is 24.1 Å². The zero-order valence-electron chi connectivity index (χ0n) is 11.0. The smallest absolute Gasteiger partial charge is 0.269 e. The van der Waals surface area contributed by atoms with Gasteiger partial charge in [0.05, 0.1) is 16.4 Å². The second kappa shape index (κ2) is 5.88. The van der Waals surface area contributed by atoms with E-state index in [4.69, 9.17) is 5.73 Å². The third-order valence-electron chi connectivity index (χ3n) is 2.90. The standard InChI is InChI=1S/C13H13N3O4S/c14-12-2-1-8-15-13(12)21(19,20)9-7-10-3-5-11(6-4-10)16(17)18/h1-6,8H,7,9,14H2. The Bertz CT molecular complexity index is 757. The number of pyridine rings is 1. The molecule has 0 aliphatic carbocycles. The first-order valence-corrected chi connectivity index (χ1v) is 7.72. The van der Waals surface area contributed by atoms with Gasteiger partial charge in [0.1, 0.15) is 0 Å². The molecule has 110 valence electrons. The van der Waals surface area contributed by atoms with Crippen LogP contribution in [0.5, 0.6) is 0 Å². The lowest BCUT2D eigenvalue weighted by Gasteiger charge is -2.06. The molecule has 1 aromatic heterocycles. The van der Waals surface area contributed by atoms with Gasteiger partial charge in [-0.2, -0.15) is 0 Å². The van der Waals surface area contributed by atoms with Crippen molar-refractivity contribution in [2.24, 2.45) is 0 Å². The quantitative estimate of drug-likeness (QED) is 0.662. The van der Waals surface area contributed by atoms with Gasteiger partial charge < -0.3 is 5.73 Å². The molecule has 1 heterocycles. The van der Waals surface area contributed by atoms with E-state index in [1.54, 1.807) is 6.07 Å². The summed E-state index contributed by atoms with van der Waals surface area (Å²) in [6, 6.07) is 8.80. The number of rotatable bonds is 5. The van der Waals surface area contributed by atoms with Crippen molar-refractivity contribution in [2.45, 2.75) is 11.4 Å². The highest BCUT2D eigenvalue weighted by atomic mass is 32.2. The number of hydrogen-bond acceptors (Lipinski definition) is 6. The first-order chi connectivity index (χ1) is 9.90. The van der Waals surface area contributed by atoms with Gasteiger partial charge in [0.25, 0.3) is 5.69 Å². The number of nitrogens with two attached hydrogens (primary N) is 1. The molecular formula is C13H13N3O4S. The normalized spacial score (nSPS) is 11.2. The summed E-state index contributed by atoms with van der Waals surface area (Å²) in [5.74, 6) is -0.161. The molecule has 0 bridgehead atoms. The summed E-state index contributed by atoms with van der Waals surface area (Å²) in [4.78, 5) is 13.8. The Hall–Kier alpha value is -2.48. The summed E-state index contributed by atoms with van der Waals surface area (Å²) in [6.45, 7) is 0. The molecule has 0 aliphatic heterocycles. The molecule has 21 heavy (non-hydrogen) atoms. The number of aryl methyl sites for hydroxylation is 1. The third-order valence-corrected chi connectivity index (χ3v) is 4.57. The van der Waals surface area contributed by atoms with Crippen molar-refractivity contribution < 1.29 is 13.3 Å². The average Bonchev–Trinajstić information content (AvgIpc) is 2.46. The summed E-state index contributed by atoms with van der Waals surface area (Å²) in [5, 5.41) is 10.4. The van der Waals surface area contributed by atoms with Crippen molar-refractivity contribution in [2.75, 3.05) is 11.5 Å². The lowest BCUT2D eigenvalue weighted by molar-refractivity contribution is -0.384. The largest absolute Gasteiger partial charge is 0.396 e. The van der Waals surface area contributed by atoms with Crippen LogP contribution in [-0.4, -0.2) is 24.1 Å². The zero-order chi connectivity index (χ0) is 15.5. The number of non-ortho nitro benzene ring substituents is 1. The maximum atomic E-state index is 12.2. The molecule has 0 saturated carbocycles. The fraction of sp³-hybridized carbons (Fsp3) is 0.154. The molecule has 0 atom stereocenters. The molecular weight excluding hydrogens is 294 g/mol. The Labute approximate surface area is 121 Å². The van der Waals surface area contributed by atoms with Gasteiger partial charge in [-0.15, -0.1) is 0 Å². The Morgan fingerprint density at radius 3 is 2.43 bits per heavy atom. The van der Waals surface area contributed by atoms with Crippen LogP contribution in [0.25, 0.3) is 0 Å². The summed E-state index contributed by atoms with van der Waals surface area (Å²) in [6.07, 6.45) is 1.60. The van der Waals surface area contributed by atoms with Crippen molar-refractivity contribution in [3.63, 3.8) is 0 Å². The highest BCUT2D eigenvalue weighted by Gasteiger charge is 2.19. The molecule has 8 heteroatoms. The number of nitro groups is 1. The van der Waals surface area contributed by atoms with Crippen LogP contribution >= 0.6 is 0 Å². The lowest BCUT2D eigenvalue weighted by Crippen LogP contribution is -2.13. The minimum Gasteiger partial charge on any atom is -0.396 e. The maximum Gasteiger partial charge on any atom is 0.269 e. The van der Waals surface area contributed by atoms with Gasteiger partial charge in [0, 0.05) is 18.3 Å².